The van der Waals surface area contributed by atoms with Gasteiger partial charge in [0.1, 0.15) is 5.78 Å². The Kier molecular flexibility index (Phi) is 3.62. The van der Waals surface area contributed by atoms with E-state index in [1.54, 1.807) is 0 Å². The van der Waals surface area contributed by atoms with E-state index in [0.29, 0.717) is 5.78 Å². The minimum Gasteiger partial charge on any atom is -0.342 e. The van der Waals surface area contributed by atoms with Gasteiger partial charge in [0, 0.05) is 31.3 Å². The Morgan fingerprint density at radius 1 is 1.25 bits per heavy atom. The first-order chi connectivity index (χ1) is 7.68. The van der Waals surface area contributed by atoms with E-state index in [1.165, 1.54) is 0 Å². The molecule has 1 amide bonds. The van der Waals surface area contributed by atoms with Gasteiger partial charge in [-0.25, -0.2) is 0 Å². The topological polar surface area (TPSA) is 37.4 Å². The fourth-order valence-electron chi connectivity index (χ4n) is 2.86. The van der Waals surface area contributed by atoms with E-state index in [-0.39, 0.29) is 17.7 Å². The molecular formula is C13H21NO2. The molecule has 1 heterocycles. The minimum absolute atomic E-state index is 0.188. The maximum absolute atomic E-state index is 11.9. The predicted octanol–water partition coefficient (Wildman–Crippen LogP) is 2.00. The largest absolute Gasteiger partial charge is 0.342 e. The monoisotopic (exact) mass is 223 g/mol. The Labute approximate surface area is 97.2 Å². The quantitative estimate of drug-likeness (QED) is 0.734. The van der Waals surface area contributed by atoms with E-state index >= 15 is 0 Å². The van der Waals surface area contributed by atoms with Gasteiger partial charge in [-0.3, -0.25) is 9.59 Å². The number of likely N-dealkylation sites (tertiary alicyclic amines) is 1. The average molecular weight is 223 g/mol. The number of hydrogen-bond donors (Lipinski definition) is 0. The summed E-state index contributed by atoms with van der Waals surface area (Å²) in [5, 5.41) is 0. The Bertz CT molecular complexity index is 288. The van der Waals surface area contributed by atoms with Crippen molar-refractivity contribution in [2.24, 2.45) is 11.8 Å². The second-order valence-corrected chi connectivity index (χ2v) is 5.21. The van der Waals surface area contributed by atoms with Crippen LogP contribution in [-0.4, -0.2) is 29.7 Å². The van der Waals surface area contributed by atoms with Crippen LogP contribution in [0.15, 0.2) is 0 Å². The summed E-state index contributed by atoms with van der Waals surface area (Å²) in [4.78, 5) is 25.3. The van der Waals surface area contributed by atoms with Gasteiger partial charge in [0.15, 0.2) is 0 Å². The number of amides is 1. The molecule has 3 nitrogen and oxygen atoms in total. The van der Waals surface area contributed by atoms with Crippen LogP contribution in [0.4, 0.5) is 0 Å². The van der Waals surface area contributed by atoms with Gasteiger partial charge in [0.05, 0.1) is 0 Å². The molecule has 2 atom stereocenters. The first-order valence-electron chi connectivity index (χ1n) is 6.50. The standard InChI is InChI=1S/C13H21NO2/c1-10-4-3-8-14(13(10)16)9-7-11-5-2-6-12(11)15/h10-11H,2-9H2,1H3. The number of nitrogens with zero attached hydrogens (tertiary/aromatic N) is 1. The van der Waals surface area contributed by atoms with Crippen molar-refractivity contribution in [2.75, 3.05) is 13.1 Å². The van der Waals surface area contributed by atoms with Gasteiger partial charge in [-0.2, -0.15) is 0 Å². The van der Waals surface area contributed by atoms with Crippen LogP contribution < -0.4 is 0 Å². The molecule has 3 heteroatoms. The summed E-state index contributed by atoms with van der Waals surface area (Å²) in [6, 6.07) is 0. The van der Waals surface area contributed by atoms with Gasteiger partial charge in [-0.05, 0) is 32.1 Å². The highest BCUT2D eigenvalue weighted by molar-refractivity contribution is 5.83. The summed E-state index contributed by atoms with van der Waals surface area (Å²) in [6.45, 7) is 3.69. The zero-order valence-electron chi connectivity index (χ0n) is 10.1. The summed E-state index contributed by atoms with van der Waals surface area (Å²) in [7, 11) is 0. The minimum atomic E-state index is 0.188. The molecule has 2 fully saturated rings. The normalized spacial score (nSPS) is 31.2. The van der Waals surface area contributed by atoms with Crippen LogP contribution in [-0.2, 0) is 9.59 Å². The third kappa shape index (κ3) is 2.45. The van der Waals surface area contributed by atoms with Crippen molar-refractivity contribution in [3.8, 4) is 0 Å². The van der Waals surface area contributed by atoms with Crippen LogP contribution in [0, 0.1) is 11.8 Å². The highest BCUT2D eigenvalue weighted by Gasteiger charge is 2.28. The third-order valence-corrected chi connectivity index (χ3v) is 3.98. The van der Waals surface area contributed by atoms with Gasteiger partial charge in [0.2, 0.25) is 5.91 Å². The van der Waals surface area contributed by atoms with Crippen molar-refractivity contribution < 1.29 is 9.59 Å². The molecule has 0 N–H and O–H groups in total. The molecular weight excluding hydrogens is 202 g/mol. The van der Waals surface area contributed by atoms with Crippen molar-refractivity contribution in [3.63, 3.8) is 0 Å². The smallest absolute Gasteiger partial charge is 0.225 e. The summed E-state index contributed by atoms with van der Waals surface area (Å²) in [5.41, 5.74) is 0. The van der Waals surface area contributed by atoms with E-state index in [1.807, 2.05) is 11.8 Å². The van der Waals surface area contributed by atoms with Gasteiger partial charge in [-0.1, -0.05) is 6.92 Å². The Morgan fingerprint density at radius 3 is 2.75 bits per heavy atom. The van der Waals surface area contributed by atoms with Crippen LogP contribution in [0.2, 0.25) is 0 Å². The maximum Gasteiger partial charge on any atom is 0.225 e. The third-order valence-electron chi connectivity index (χ3n) is 3.98. The van der Waals surface area contributed by atoms with Crippen LogP contribution >= 0.6 is 0 Å². The molecule has 2 rings (SSSR count). The van der Waals surface area contributed by atoms with Crippen molar-refractivity contribution in [1.29, 1.82) is 0 Å². The second-order valence-electron chi connectivity index (χ2n) is 5.21. The molecule has 0 aromatic rings. The number of rotatable bonds is 3. The highest BCUT2D eigenvalue weighted by Crippen LogP contribution is 2.25. The van der Waals surface area contributed by atoms with Crippen LogP contribution in [0.3, 0.4) is 0 Å². The van der Waals surface area contributed by atoms with Gasteiger partial charge in [-0.15, -0.1) is 0 Å². The van der Waals surface area contributed by atoms with Crippen molar-refractivity contribution in [1.82, 2.24) is 4.90 Å². The van der Waals surface area contributed by atoms with Crippen molar-refractivity contribution >= 4 is 11.7 Å². The predicted molar refractivity (Wildman–Crippen MR) is 61.9 cm³/mol. The lowest BCUT2D eigenvalue weighted by Gasteiger charge is -2.31. The molecule has 1 aliphatic carbocycles. The van der Waals surface area contributed by atoms with E-state index in [9.17, 15) is 9.59 Å². The highest BCUT2D eigenvalue weighted by atomic mass is 16.2. The SMILES string of the molecule is CC1CCCN(CCC2CCCC2=O)C1=O. The summed E-state index contributed by atoms with van der Waals surface area (Å²) < 4.78 is 0. The zero-order chi connectivity index (χ0) is 11.5. The lowest BCUT2D eigenvalue weighted by atomic mass is 9.97. The van der Waals surface area contributed by atoms with Crippen LogP contribution in [0.5, 0.6) is 0 Å². The molecule has 2 aliphatic rings. The number of hydrogen-bond acceptors (Lipinski definition) is 2. The van der Waals surface area contributed by atoms with E-state index in [4.69, 9.17) is 0 Å². The van der Waals surface area contributed by atoms with Crippen molar-refractivity contribution in [2.45, 2.75) is 45.4 Å². The van der Waals surface area contributed by atoms with E-state index in [2.05, 4.69) is 0 Å². The number of Topliss-reactive ketones (excluding diaryl/α,β-unsaturated/α-hetero) is 1. The maximum atomic E-state index is 11.9. The molecule has 0 spiro atoms. The summed E-state index contributed by atoms with van der Waals surface area (Å²) in [5.74, 6) is 1.13. The summed E-state index contributed by atoms with van der Waals surface area (Å²) in [6.07, 6.45) is 5.87. The number of ketones is 1. The Hall–Kier alpha value is -0.860. The Morgan fingerprint density at radius 2 is 2.06 bits per heavy atom. The molecule has 1 saturated heterocycles. The fourth-order valence-corrected chi connectivity index (χ4v) is 2.86. The number of carbonyl (C=O) groups excluding carboxylic acids is 2. The van der Waals surface area contributed by atoms with Crippen molar-refractivity contribution in [3.05, 3.63) is 0 Å². The first-order valence-corrected chi connectivity index (χ1v) is 6.50. The lowest BCUT2D eigenvalue weighted by molar-refractivity contribution is -0.138. The van der Waals surface area contributed by atoms with Gasteiger partial charge >= 0.3 is 0 Å². The fraction of sp³-hybridized carbons (Fsp3) is 0.846. The van der Waals surface area contributed by atoms with Gasteiger partial charge < -0.3 is 4.90 Å². The van der Waals surface area contributed by atoms with Gasteiger partial charge in [0.25, 0.3) is 0 Å². The van der Waals surface area contributed by atoms with Crippen LogP contribution in [0.1, 0.15) is 45.4 Å². The zero-order valence-corrected chi connectivity index (χ0v) is 10.1. The molecule has 2 unspecified atom stereocenters. The molecule has 90 valence electrons. The second kappa shape index (κ2) is 4.98. The average Bonchev–Trinajstić information content (AvgIpc) is 2.67. The number of carbonyl (C=O) groups is 2. The molecule has 0 radical (unpaired) electrons. The molecule has 16 heavy (non-hydrogen) atoms. The molecule has 1 saturated carbocycles. The molecule has 1 aliphatic heterocycles. The molecule has 0 aromatic carbocycles. The molecule has 0 bridgehead atoms. The Balaban J connectivity index is 1.80. The molecule has 0 aromatic heterocycles. The number of piperidine rings is 1. The summed E-state index contributed by atoms with van der Waals surface area (Å²) >= 11 is 0. The first kappa shape index (κ1) is 11.6. The lowest BCUT2D eigenvalue weighted by Crippen LogP contribution is -2.41. The van der Waals surface area contributed by atoms with E-state index < -0.39 is 0 Å². The van der Waals surface area contributed by atoms with Crippen LogP contribution in [0.25, 0.3) is 0 Å². The van der Waals surface area contributed by atoms with E-state index in [0.717, 1.165) is 51.6 Å².